The molecule has 0 radical (unpaired) electrons. The molecule has 0 fully saturated rings. The Morgan fingerprint density at radius 3 is 2.65 bits per heavy atom. The number of rotatable bonds is 4. The van der Waals surface area contributed by atoms with Crippen molar-refractivity contribution in [1.29, 1.82) is 0 Å². The molecule has 0 aliphatic carbocycles. The van der Waals surface area contributed by atoms with Crippen molar-refractivity contribution in [2.45, 2.75) is 25.9 Å². The first-order valence-corrected chi connectivity index (χ1v) is 7.43. The Hall–Kier alpha value is -2.75. The van der Waals surface area contributed by atoms with E-state index in [1.807, 2.05) is 62.4 Å². The van der Waals surface area contributed by atoms with E-state index in [4.69, 9.17) is 14.6 Å². The summed E-state index contributed by atoms with van der Waals surface area (Å²) in [5, 5.41) is 9.04. The number of hydrogen-bond acceptors (Lipinski definition) is 3. The molecule has 0 unspecified atom stereocenters. The van der Waals surface area contributed by atoms with Crippen molar-refractivity contribution in [2.24, 2.45) is 0 Å². The molecular weight excluding hydrogens is 292 g/mol. The number of carboxylic acids is 1. The predicted octanol–water partition coefficient (Wildman–Crippen LogP) is 4.29. The summed E-state index contributed by atoms with van der Waals surface area (Å²) in [5.74, 6) is 0.965. The lowest BCUT2D eigenvalue weighted by Crippen LogP contribution is -2.27. The van der Waals surface area contributed by atoms with E-state index >= 15 is 0 Å². The number of hydrogen-bond donors (Lipinski definition) is 1. The molecule has 4 heteroatoms. The van der Waals surface area contributed by atoms with Gasteiger partial charge in [0.25, 0.3) is 0 Å². The number of aliphatic carboxylic acids is 1. The lowest BCUT2D eigenvalue weighted by molar-refractivity contribution is -0.136. The van der Waals surface area contributed by atoms with E-state index in [1.54, 1.807) is 6.07 Å². The average molecular weight is 310 g/mol. The van der Waals surface area contributed by atoms with Crippen LogP contribution in [0.25, 0.3) is 6.08 Å². The maximum Gasteiger partial charge on any atom is 0.307 e. The summed E-state index contributed by atoms with van der Waals surface area (Å²) in [5.41, 5.74) is 1.07. The SMILES string of the molecule is CC1(C)C=Cc2cc(CC(=O)O)cc(Oc3ccccc3)c2O1. The second kappa shape index (κ2) is 5.80. The van der Waals surface area contributed by atoms with Crippen molar-refractivity contribution < 1.29 is 19.4 Å². The molecule has 3 rings (SSSR count). The number of benzene rings is 2. The Kier molecular flexibility index (Phi) is 3.82. The number of para-hydroxylation sites is 1. The van der Waals surface area contributed by atoms with Crippen LogP contribution in [0.4, 0.5) is 0 Å². The maximum atomic E-state index is 11.0. The van der Waals surface area contributed by atoms with Gasteiger partial charge in [0.15, 0.2) is 11.5 Å². The molecule has 23 heavy (non-hydrogen) atoms. The van der Waals surface area contributed by atoms with Crippen molar-refractivity contribution in [2.75, 3.05) is 0 Å². The number of ether oxygens (including phenoxy) is 2. The zero-order valence-electron chi connectivity index (χ0n) is 13.1. The van der Waals surface area contributed by atoms with Gasteiger partial charge in [-0.25, -0.2) is 0 Å². The van der Waals surface area contributed by atoms with E-state index in [1.165, 1.54) is 0 Å². The van der Waals surface area contributed by atoms with Gasteiger partial charge in [0.05, 0.1) is 6.42 Å². The Morgan fingerprint density at radius 1 is 1.22 bits per heavy atom. The lowest BCUT2D eigenvalue weighted by atomic mass is 9.99. The molecule has 0 spiro atoms. The number of carboxylic acid groups (broad SMARTS) is 1. The summed E-state index contributed by atoms with van der Waals surface area (Å²) in [6.45, 7) is 3.92. The highest BCUT2D eigenvalue weighted by Gasteiger charge is 2.25. The Bertz CT molecular complexity index is 760. The summed E-state index contributed by atoms with van der Waals surface area (Å²) >= 11 is 0. The third-order valence-corrected chi connectivity index (χ3v) is 3.50. The molecule has 118 valence electrons. The van der Waals surface area contributed by atoms with Crippen molar-refractivity contribution in [3.05, 3.63) is 59.7 Å². The zero-order valence-corrected chi connectivity index (χ0v) is 13.1. The molecule has 0 saturated carbocycles. The summed E-state index contributed by atoms with van der Waals surface area (Å²) in [4.78, 5) is 11.0. The molecule has 0 aromatic heterocycles. The van der Waals surface area contributed by atoms with Gasteiger partial charge >= 0.3 is 5.97 Å². The van der Waals surface area contributed by atoms with Crippen molar-refractivity contribution >= 4 is 12.0 Å². The van der Waals surface area contributed by atoms with Gasteiger partial charge in [-0.1, -0.05) is 24.3 Å². The monoisotopic (exact) mass is 310 g/mol. The second-order valence-corrected chi connectivity index (χ2v) is 6.04. The molecular formula is C19H18O4. The van der Waals surface area contributed by atoms with E-state index in [-0.39, 0.29) is 6.42 Å². The summed E-state index contributed by atoms with van der Waals surface area (Å²) in [6, 6.07) is 12.9. The van der Waals surface area contributed by atoms with Gasteiger partial charge in [-0.15, -0.1) is 0 Å². The summed E-state index contributed by atoms with van der Waals surface area (Å²) < 4.78 is 12.0. The second-order valence-electron chi connectivity index (χ2n) is 6.04. The summed E-state index contributed by atoms with van der Waals surface area (Å²) in [6.07, 6.45) is 3.84. The highest BCUT2D eigenvalue weighted by Crippen LogP contribution is 2.41. The molecule has 1 aliphatic rings. The first kappa shape index (κ1) is 15.2. The molecule has 2 aromatic rings. The maximum absolute atomic E-state index is 11.0. The van der Waals surface area contributed by atoms with Crippen LogP contribution in [0.1, 0.15) is 25.0 Å². The zero-order chi connectivity index (χ0) is 16.4. The Labute approximate surface area is 135 Å². The first-order chi connectivity index (χ1) is 10.9. The van der Waals surface area contributed by atoms with E-state index in [2.05, 4.69) is 0 Å². The summed E-state index contributed by atoms with van der Waals surface area (Å²) in [7, 11) is 0. The smallest absolute Gasteiger partial charge is 0.307 e. The fourth-order valence-electron chi connectivity index (χ4n) is 2.47. The van der Waals surface area contributed by atoms with E-state index < -0.39 is 11.6 Å². The lowest BCUT2D eigenvalue weighted by Gasteiger charge is -2.29. The first-order valence-electron chi connectivity index (χ1n) is 7.43. The molecule has 0 amide bonds. The highest BCUT2D eigenvalue weighted by molar-refractivity contribution is 5.73. The van der Waals surface area contributed by atoms with Crippen LogP contribution in [0, 0.1) is 0 Å². The molecule has 0 atom stereocenters. The van der Waals surface area contributed by atoms with Crippen LogP contribution < -0.4 is 9.47 Å². The molecule has 1 N–H and O–H groups in total. The quantitative estimate of drug-likeness (QED) is 0.915. The van der Waals surface area contributed by atoms with Crippen LogP contribution in [0.3, 0.4) is 0 Å². The normalized spacial score (nSPS) is 14.7. The predicted molar refractivity (Wildman–Crippen MR) is 88.0 cm³/mol. The van der Waals surface area contributed by atoms with Crippen LogP contribution in [0.15, 0.2) is 48.5 Å². The minimum Gasteiger partial charge on any atom is -0.481 e. The van der Waals surface area contributed by atoms with Gasteiger partial charge in [0.1, 0.15) is 11.4 Å². The molecule has 1 heterocycles. The van der Waals surface area contributed by atoms with Gasteiger partial charge in [0, 0.05) is 5.56 Å². The minimum atomic E-state index is -0.878. The van der Waals surface area contributed by atoms with Crippen LogP contribution in [0.2, 0.25) is 0 Å². The minimum absolute atomic E-state index is 0.0599. The average Bonchev–Trinajstić information content (AvgIpc) is 2.48. The molecule has 0 saturated heterocycles. The van der Waals surface area contributed by atoms with Crippen LogP contribution in [-0.4, -0.2) is 16.7 Å². The van der Waals surface area contributed by atoms with E-state index in [0.717, 1.165) is 5.56 Å². The molecule has 2 aromatic carbocycles. The molecule has 0 bridgehead atoms. The van der Waals surface area contributed by atoms with Crippen molar-refractivity contribution in [3.8, 4) is 17.2 Å². The van der Waals surface area contributed by atoms with Gasteiger partial charge < -0.3 is 14.6 Å². The fourth-order valence-corrected chi connectivity index (χ4v) is 2.47. The van der Waals surface area contributed by atoms with Crippen molar-refractivity contribution in [1.82, 2.24) is 0 Å². The van der Waals surface area contributed by atoms with Crippen LogP contribution in [-0.2, 0) is 11.2 Å². The number of fused-ring (bicyclic) bond motifs is 1. The van der Waals surface area contributed by atoms with Gasteiger partial charge in [-0.3, -0.25) is 4.79 Å². The Morgan fingerprint density at radius 2 is 1.96 bits per heavy atom. The van der Waals surface area contributed by atoms with Gasteiger partial charge in [0.2, 0.25) is 0 Å². The van der Waals surface area contributed by atoms with Gasteiger partial charge in [-0.05, 0) is 49.8 Å². The third-order valence-electron chi connectivity index (χ3n) is 3.50. The molecule has 1 aliphatic heterocycles. The largest absolute Gasteiger partial charge is 0.481 e. The topological polar surface area (TPSA) is 55.8 Å². The third kappa shape index (κ3) is 3.54. The standard InChI is InChI=1S/C19H18O4/c1-19(2)9-8-14-10-13(12-17(20)21)11-16(18(14)23-19)22-15-6-4-3-5-7-15/h3-11H,12H2,1-2H3,(H,20,21). The Balaban J connectivity index is 2.05. The fraction of sp³-hybridized carbons (Fsp3) is 0.211. The number of carbonyl (C=O) groups is 1. The van der Waals surface area contributed by atoms with E-state index in [9.17, 15) is 4.79 Å². The molecule has 4 nitrogen and oxygen atoms in total. The van der Waals surface area contributed by atoms with E-state index in [0.29, 0.717) is 22.8 Å². The highest BCUT2D eigenvalue weighted by atomic mass is 16.5. The van der Waals surface area contributed by atoms with Crippen LogP contribution in [0.5, 0.6) is 17.2 Å². The van der Waals surface area contributed by atoms with Gasteiger partial charge in [-0.2, -0.15) is 0 Å². The van der Waals surface area contributed by atoms with Crippen LogP contribution >= 0.6 is 0 Å². The van der Waals surface area contributed by atoms with Crippen molar-refractivity contribution in [3.63, 3.8) is 0 Å².